The maximum absolute atomic E-state index is 5.40. The summed E-state index contributed by atoms with van der Waals surface area (Å²) in [5.74, 6) is 6.31. The zero-order valence-electron chi connectivity index (χ0n) is 10.6. The van der Waals surface area contributed by atoms with Crippen molar-refractivity contribution >= 4 is 28.6 Å². The Morgan fingerprint density at radius 2 is 2.15 bits per heavy atom. The minimum atomic E-state index is 0.432. The third kappa shape index (κ3) is 2.26. The lowest BCUT2D eigenvalue weighted by Crippen LogP contribution is -2.10. The molecule has 20 heavy (non-hydrogen) atoms. The zero-order chi connectivity index (χ0) is 13.9. The van der Waals surface area contributed by atoms with Crippen molar-refractivity contribution in [2.45, 2.75) is 10.2 Å². The molecule has 1 aromatic carbocycles. The molecule has 0 bridgehead atoms. The summed E-state index contributed by atoms with van der Waals surface area (Å²) in [5, 5.41) is 1.36. The number of aromatic amines is 1. The van der Waals surface area contributed by atoms with Crippen molar-refractivity contribution in [3.05, 3.63) is 30.6 Å². The predicted octanol–water partition coefficient (Wildman–Crippen LogP) is 1.80. The number of imidazole rings is 1. The van der Waals surface area contributed by atoms with Gasteiger partial charge in [0.25, 0.3) is 0 Å². The minimum Gasteiger partial charge on any atom is -0.490 e. The molecule has 0 saturated heterocycles. The SMILES string of the molecule is COc1c(NN)ncnc1Sc1nc2ccccc2[nH]1. The van der Waals surface area contributed by atoms with Gasteiger partial charge in [0.05, 0.1) is 18.1 Å². The number of hydrogen-bond acceptors (Lipinski definition) is 7. The number of H-pyrrole nitrogens is 1. The Morgan fingerprint density at radius 3 is 2.90 bits per heavy atom. The highest BCUT2D eigenvalue weighted by molar-refractivity contribution is 7.99. The van der Waals surface area contributed by atoms with Crippen LogP contribution in [0.25, 0.3) is 11.0 Å². The maximum atomic E-state index is 5.40. The van der Waals surface area contributed by atoms with E-state index in [-0.39, 0.29) is 0 Å². The van der Waals surface area contributed by atoms with E-state index in [9.17, 15) is 0 Å². The third-order valence-corrected chi connectivity index (χ3v) is 3.54. The molecular weight excluding hydrogens is 276 g/mol. The van der Waals surface area contributed by atoms with Crippen molar-refractivity contribution in [2.75, 3.05) is 12.5 Å². The van der Waals surface area contributed by atoms with Gasteiger partial charge in [-0.25, -0.2) is 20.8 Å². The zero-order valence-corrected chi connectivity index (χ0v) is 11.4. The average molecular weight is 288 g/mol. The molecule has 4 N–H and O–H groups in total. The Bertz CT molecular complexity index is 711. The molecule has 0 aliphatic heterocycles. The van der Waals surface area contributed by atoms with Crippen molar-refractivity contribution in [1.82, 2.24) is 19.9 Å². The number of methoxy groups -OCH3 is 1. The van der Waals surface area contributed by atoms with E-state index in [4.69, 9.17) is 10.6 Å². The summed E-state index contributed by atoms with van der Waals surface area (Å²) in [4.78, 5) is 15.9. The fourth-order valence-electron chi connectivity index (χ4n) is 1.79. The van der Waals surface area contributed by atoms with Crippen molar-refractivity contribution in [2.24, 2.45) is 5.84 Å². The quantitative estimate of drug-likeness (QED) is 0.382. The summed E-state index contributed by atoms with van der Waals surface area (Å²) in [6.45, 7) is 0. The van der Waals surface area contributed by atoms with Crippen LogP contribution in [0.3, 0.4) is 0 Å². The van der Waals surface area contributed by atoms with Gasteiger partial charge in [-0.15, -0.1) is 0 Å². The first-order chi connectivity index (χ1) is 9.81. The van der Waals surface area contributed by atoms with Gasteiger partial charge in [0, 0.05) is 0 Å². The Labute approximate surface area is 118 Å². The smallest absolute Gasteiger partial charge is 0.195 e. The molecule has 0 radical (unpaired) electrons. The number of nitrogens with two attached hydrogens (primary N) is 1. The van der Waals surface area contributed by atoms with E-state index in [1.165, 1.54) is 18.1 Å². The summed E-state index contributed by atoms with van der Waals surface area (Å²) >= 11 is 1.36. The Balaban J connectivity index is 1.98. The van der Waals surface area contributed by atoms with E-state index < -0.39 is 0 Å². The van der Waals surface area contributed by atoms with Crippen LogP contribution >= 0.6 is 11.8 Å². The Morgan fingerprint density at radius 1 is 1.30 bits per heavy atom. The predicted molar refractivity (Wildman–Crippen MR) is 76.6 cm³/mol. The number of aromatic nitrogens is 4. The van der Waals surface area contributed by atoms with E-state index in [2.05, 4.69) is 25.4 Å². The highest BCUT2D eigenvalue weighted by atomic mass is 32.2. The number of anilines is 1. The van der Waals surface area contributed by atoms with Crippen LogP contribution in [0.5, 0.6) is 5.75 Å². The van der Waals surface area contributed by atoms with E-state index in [1.54, 1.807) is 7.11 Å². The summed E-state index contributed by atoms with van der Waals surface area (Å²) in [6, 6.07) is 7.81. The van der Waals surface area contributed by atoms with E-state index in [1.807, 2.05) is 24.3 Å². The Kier molecular flexibility index (Phi) is 3.40. The van der Waals surface area contributed by atoms with Crippen LogP contribution in [0.15, 0.2) is 40.8 Å². The molecule has 0 spiro atoms. The van der Waals surface area contributed by atoms with Gasteiger partial charge in [-0.3, -0.25) is 0 Å². The fraction of sp³-hybridized carbons (Fsp3) is 0.0833. The molecule has 3 aromatic rings. The number of benzene rings is 1. The molecule has 8 heteroatoms. The van der Waals surface area contributed by atoms with Crippen LogP contribution in [0.4, 0.5) is 5.82 Å². The number of hydrogen-bond donors (Lipinski definition) is 3. The molecule has 2 heterocycles. The minimum absolute atomic E-state index is 0.432. The lowest BCUT2D eigenvalue weighted by atomic mass is 10.3. The molecule has 102 valence electrons. The number of hydrazine groups is 1. The molecule has 3 rings (SSSR count). The highest BCUT2D eigenvalue weighted by Gasteiger charge is 2.14. The first-order valence-corrected chi connectivity index (χ1v) is 6.61. The maximum Gasteiger partial charge on any atom is 0.195 e. The van der Waals surface area contributed by atoms with Gasteiger partial charge in [0.1, 0.15) is 6.33 Å². The molecule has 0 aliphatic rings. The number of nitrogens with zero attached hydrogens (tertiary/aromatic N) is 3. The van der Waals surface area contributed by atoms with Gasteiger partial charge < -0.3 is 15.1 Å². The third-order valence-electron chi connectivity index (χ3n) is 2.67. The van der Waals surface area contributed by atoms with Gasteiger partial charge >= 0.3 is 0 Å². The topological polar surface area (TPSA) is 102 Å². The second-order valence-corrected chi connectivity index (χ2v) is 4.84. The van der Waals surface area contributed by atoms with Crippen LogP contribution in [-0.4, -0.2) is 27.0 Å². The summed E-state index contributed by atoms with van der Waals surface area (Å²) in [5.41, 5.74) is 4.35. The van der Waals surface area contributed by atoms with Crippen LogP contribution in [-0.2, 0) is 0 Å². The molecule has 0 fully saturated rings. The van der Waals surface area contributed by atoms with E-state index in [0.717, 1.165) is 16.2 Å². The first kappa shape index (κ1) is 12.7. The molecule has 0 unspecified atom stereocenters. The lowest BCUT2D eigenvalue weighted by Gasteiger charge is -2.09. The summed E-state index contributed by atoms with van der Waals surface area (Å²) in [6.07, 6.45) is 1.42. The summed E-state index contributed by atoms with van der Waals surface area (Å²) < 4.78 is 5.28. The standard InChI is InChI=1S/C12H12N6OS/c1-19-9-10(18-13)14-6-15-11(9)20-12-16-7-4-2-3-5-8(7)17-12/h2-6H,13H2,1H3,(H,16,17)(H,14,15,18). The number of rotatable bonds is 4. The van der Waals surface area contributed by atoms with Crippen LogP contribution in [0, 0.1) is 0 Å². The average Bonchev–Trinajstić information content (AvgIpc) is 2.89. The van der Waals surface area contributed by atoms with Crippen molar-refractivity contribution < 1.29 is 4.74 Å². The summed E-state index contributed by atoms with van der Waals surface area (Å²) in [7, 11) is 1.54. The lowest BCUT2D eigenvalue weighted by molar-refractivity contribution is 0.400. The van der Waals surface area contributed by atoms with Gasteiger partial charge in [0.2, 0.25) is 0 Å². The number of para-hydroxylation sites is 2. The second-order valence-electron chi connectivity index (χ2n) is 3.87. The molecule has 0 amide bonds. The normalized spacial score (nSPS) is 10.7. The van der Waals surface area contributed by atoms with Crippen molar-refractivity contribution in [3.8, 4) is 5.75 Å². The second kappa shape index (κ2) is 5.35. The molecule has 0 saturated carbocycles. The molecule has 0 atom stereocenters. The van der Waals surface area contributed by atoms with Crippen molar-refractivity contribution in [1.29, 1.82) is 0 Å². The Hall–Kier alpha value is -2.32. The highest BCUT2D eigenvalue weighted by Crippen LogP contribution is 2.35. The number of nitrogen functional groups attached to an aromatic ring is 1. The monoisotopic (exact) mass is 288 g/mol. The van der Waals surface area contributed by atoms with Crippen LogP contribution < -0.4 is 16.0 Å². The van der Waals surface area contributed by atoms with E-state index >= 15 is 0 Å². The number of nitrogens with one attached hydrogen (secondary N) is 2. The number of ether oxygens (including phenoxy) is 1. The van der Waals surface area contributed by atoms with Gasteiger partial charge in [-0.2, -0.15) is 0 Å². The van der Waals surface area contributed by atoms with Gasteiger partial charge in [-0.05, 0) is 23.9 Å². The van der Waals surface area contributed by atoms with E-state index in [0.29, 0.717) is 16.6 Å². The van der Waals surface area contributed by atoms with Crippen LogP contribution in [0.1, 0.15) is 0 Å². The fourth-order valence-corrected chi connectivity index (χ4v) is 2.65. The largest absolute Gasteiger partial charge is 0.490 e. The van der Waals surface area contributed by atoms with Gasteiger partial charge in [0.15, 0.2) is 21.7 Å². The first-order valence-electron chi connectivity index (χ1n) is 5.80. The molecule has 2 aromatic heterocycles. The van der Waals surface area contributed by atoms with Crippen LogP contribution in [0.2, 0.25) is 0 Å². The van der Waals surface area contributed by atoms with Gasteiger partial charge in [-0.1, -0.05) is 12.1 Å². The number of fused-ring (bicyclic) bond motifs is 1. The molecule has 7 nitrogen and oxygen atoms in total. The molecule has 0 aliphatic carbocycles. The van der Waals surface area contributed by atoms with Crippen molar-refractivity contribution in [3.63, 3.8) is 0 Å². The molecular formula is C12H12N6OS.